The maximum atomic E-state index is 4.45. The monoisotopic (exact) mass is 480 g/mol. The summed E-state index contributed by atoms with van der Waals surface area (Å²) in [6.07, 6.45) is 3.42. The van der Waals surface area contributed by atoms with E-state index < -0.39 is 0 Å². The second-order valence-corrected chi connectivity index (χ2v) is 7.84. The number of halogens is 1. The minimum atomic E-state index is 0.732. The first kappa shape index (κ1) is 17.3. The molecule has 0 saturated heterocycles. The second kappa shape index (κ2) is 7.33. The van der Waals surface area contributed by atoms with E-state index in [4.69, 9.17) is 0 Å². The first-order chi connectivity index (χ1) is 13.8. The number of fused-ring (bicyclic) bond motifs is 2. The van der Waals surface area contributed by atoms with E-state index >= 15 is 0 Å². The highest BCUT2D eigenvalue weighted by Gasteiger charge is 2.19. The van der Waals surface area contributed by atoms with Crippen LogP contribution >= 0.6 is 22.6 Å². The van der Waals surface area contributed by atoms with Gasteiger partial charge in [-0.2, -0.15) is 0 Å². The second-order valence-electron chi connectivity index (χ2n) is 6.59. The number of anilines is 3. The lowest BCUT2D eigenvalue weighted by Crippen LogP contribution is -2.31. The third-order valence-corrected chi connectivity index (χ3v) is 5.41. The maximum absolute atomic E-state index is 4.45. The number of pyridine rings is 1. The largest absolute Gasteiger partial charge is 0.340 e. The van der Waals surface area contributed by atoms with Crippen molar-refractivity contribution in [3.05, 3.63) is 81.9 Å². The van der Waals surface area contributed by atoms with Crippen molar-refractivity contribution in [2.75, 3.05) is 10.3 Å². The van der Waals surface area contributed by atoms with Gasteiger partial charge in [0.25, 0.3) is 0 Å². The summed E-state index contributed by atoms with van der Waals surface area (Å²) in [5.74, 6) is 0.819. The molecule has 2 aromatic heterocycles. The van der Waals surface area contributed by atoms with Crippen LogP contribution in [0.25, 0.3) is 10.9 Å². The predicted octanol–water partition coefficient (Wildman–Crippen LogP) is 4.40. The van der Waals surface area contributed by atoms with E-state index in [9.17, 15) is 0 Å². The van der Waals surface area contributed by atoms with Crippen LogP contribution in [0.1, 0.15) is 11.3 Å². The zero-order valence-electron chi connectivity index (χ0n) is 14.9. The molecule has 4 aromatic rings. The highest BCUT2D eigenvalue weighted by molar-refractivity contribution is 14.1. The van der Waals surface area contributed by atoms with E-state index in [-0.39, 0.29) is 0 Å². The van der Waals surface area contributed by atoms with E-state index in [1.165, 1.54) is 11.3 Å². The molecular weight excluding hydrogens is 463 g/mol. The van der Waals surface area contributed by atoms with Crippen molar-refractivity contribution in [1.29, 1.82) is 0 Å². The van der Waals surface area contributed by atoms with Crippen LogP contribution < -0.4 is 15.8 Å². The Balaban J connectivity index is 1.41. The fraction of sp³-hybridized carbons (Fsp3) is 0.0952. The standard InChI is InChI=1S/C21H17IN6/c22-15-4-6-19-18(10-15)21(25-13-24-19)27-16-5-7-20-14(9-16)11-26-28(20)12-17-3-1-2-8-23-17/h1-10,13,26H,11-12H2,(H,24,25,27). The molecule has 0 amide bonds. The van der Waals surface area contributed by atoms with E-state index in [1.807, 2.05) is 30.5 Å². The van der Waals surface area contributed by atoms with Crippen LogP contribution in [-0.2, 0) is 13.1 Å². The molecule has 0 unspecified atom stereocenters. The summed E-state index contributed by atoms with van der Waals surface area (Å²) in [5, 5.41) is 6.62. The quantitative estimate of drug-likeness (QED) is 0.423. The normalized spacial score (nSPS) is 13.0. The summed E-state index contributed by atoms with van der Waals surface area (Å²) in [7, 11) is 0. The number of nitrogens with one attached hydrogen (secondary N) is 2. The fourth-order valence-corrected chi connectivity index (χ4v) is 3.89. The summed E-state index contributed by atoms with van der Waals surface area (Å²) in [6.45, 7) is 1.52. The van der Waals surface area contributed by atoms with Gasteiger partial charge in [0.05, 0.1) is 23.4 Å². The molecule has 28 heavy (non-hydrogen) atoms. The van der Waals surface area contributed by atoms with Crippen LogP contribution in [0.3, 0.4) is 0 Å². The van der Waals surface area contributed by atoms with E-state index in [2.05, 4.69) is 83.6 Å². The Kier molecular flexibility index (Phi) is 4.53. The highest BCUT2D eigenvalue weighted by Crippen LogP contribution is 2.31. The van der Waals surface area contributed by atoms with Gasteiger partial charge in [0.1, 0.15) is 12.1 Å². The molecule has 0 aliphatic carbocycles. The smallest absolute Gasteiger partial charge is 0.141 e. The summed E-state index contributed by atoms with van der Waals surface area (Å²) < 4.78 is 1.16. The molecule has 2 N–H and O–H groups in total. The van der Waals surface area contributed by atoms with Crippen molar-refractivity contribution in [1.82, 2.24) is 20.4 Å². The lowest BCUT2D eigenvalue weighted by molar-refractivity contribution is 0.660. The summed E-state index contributed by atoms with van der Waals surface area (Å²) in [6, 6.07) is 18.5. The van der Waals surface area contributed by atoms with Crippen molar-refractivity contribution in [2.24, 2.45) is 0 Å². The lowest BCUT2D eigenvalue weighted by Gasteiger charge is -2.19. The van der Waals surface area contributed by atoms with Crippen molar-refractivity contribution < 1.29 is 0 Å². The third-order valence-electron chi connectivity index (χ3n) is 4.74. The van der Waals surface area contributed by atoms with Crippen LogP contribution in [0.2, 0.25) is 0 Å². The number of hydrogen-bond acceptors (Lipinski definition) is 6. The van der Waals surface area contributed by atoms with Gasteiger partial charge >= 0.3 is 0 Å². The van der Waals surface area contributed by atoms with Crippen molar-refractivity contribution in [3.63, 3.8) is 0 Å². The molecule has 0 fully saturated rings. The Morgan fingerprint density at radius 1 is 1.04 bits per heavy atom. The van der Waals surface area contributed by atoms with Gasteiger partial charge in [-0.3, -0.25) is 4.98 Å². The molecule has 0 atom stereocenters. The molecule has 3 heterocycles. The molecular formula is C21H17IN6. The van der Waals surface area contributed by atoms with Crippen molar-refractivity contribution in [3.8, 4) is 0 Å². The third kappa shape index (κ3) is 3.38. The van der Waals surface area contributed by atoms with Crippen LogP contribution in [0.15, 0.2) is 67.1 Å². The van der Waals surface area contributed by atoms with Crippen LogP contribution in [0, 0.1) is 3.57 Å². The average Bonchev–Trinajstić information content (AvgIpc) is 3.11. The Labute approximate surface area is 176 Å². The Morgan fingerprint density at radius 3 is 2.89 bits per heavy atom. The topological polar surface area (TPSA) is 66.0 Å². The van der Waals surface area contributed by atoms with E-state index in [1.54, 1.807) is 6.33 Å². The van der Waals surface area contributed by atoms with Gasteiger partial charge in [0.15, 0.2) is 0 Å². The van der Waals surface area contributed by atoms with E-state index in [0.717, 1.165) is 44.8 Å². The first-order valence-electron chi connectivity index (χ1n) is 8.97. The Bertz CT molecular complexity index is 1150. The molecule has 0 saturated carbocycles. The molecule has 1 aliphatic heterocycles. The van der Waals surface area contributed by atoms with E-state index in [0.29, 0.717) is 0 Å². The van der Waals surface area contributed by atoms with Crippen molar-refractivity contribution >= 4 is 50.7 Å². The van der Waals surface area contributed by atoms with Crippen LogP contribution in [0.5, 0.6) is 0 Å². The number of hydrazine groups is 1. The average molecular weight is 480 g/mol. The minimum Gasteiger partial charge on any atom is -0.340 e. The molecule has 138 valence electrons. The van der Waals surface area contributed by atoms with Gasteiger partial charge in [0, 0.05) is 27.4 Å². The molecule has 2 aromatic carbocycles. The molecule has 5 rings (SSSR count). The summed E-state index contributed by atoms with van der Waals surface area (Å²) in [5.41, 5.74) is 8.84. The van der Waals surface area contributed by atoms with Gasteiger partial charge in [-0.05, 0) is 76.7 Å². The molecule has 0 radical (unpaired) electrons. The Hall–Kier alpha value is -2.78. The fourth-order valence-electron chi connectivity index (χ4n) is 3.39. The molecule has 0 bridgehead atoms. The number of hydrogen-bond donors (Lipinski definition) is 2. The molecule has 1 aliphatic rings. The predicted molar refractivity (Wildman–Crippen MR) is 119 cm³/mol. The Morgan fingerprint density at radius 2 is 2.00 bits per heavy atom. The first-order valence-corrected chi connectivity index (χ1v) is 10.1. The zero-order chi connectivity index (χ0) is 18.9. The maximum Gasteiger partial charge on any atom is 0.141 e. The number of aromatic nitrogens is 3. The minimum absolute atomic E-state index is 0.732. The van der Waals surface area contributed by atoms with Gasteiger partial charge in [-0.1, -0.05) is 6.07 Å². The summed E-state index contributed by atoms with van der Waals surface area (Å²) in [4.78, 5) is 13.2. The van der Waals surface area contributed by atoms with Gasteiger partial charge in [0.2, 0.25) is 0 Å². The molecule has 7 heteroatoms. The number of nitrogens with zero attached hydrogens (tertiary/aromatic N) is 4. The van der Waals surface area contributed by atoms with Gasteiger partial charge < -0.3 is 10.3 Å². The lowest BCUT2D eigenvalue weighted by atomic mass is 10.1. The summed E-state index contributed by atoms with van der Waals surface area (Å²) >= 11 is 2.31. The van der Waals surface area contributed by atoms with Gasteiger partial charge in [-0.15, -0.1) is 0 Å². The van der Waals surface area contributed by atoms with Crippen LogP contribution in [-0.4, -0.2) is 15.0 Å². The van der Waals surface area contributed by atoms with Gasteiger partial charge in [-0.25, -0.2) is 15.4 Å². The highest BCUT2D eigenvalue weighted by atomic mass is 127. The zero-order valence-corrected chi connectivity index (χ0v) is 17.1. The SMILES string of the molecule is Ic1ccc2ncnc(Nc3ccc4c(c3)CNN4Cc3ccccn3)c2c1. The number of rotatable bonds is 4. The van der Waals surface area contributed by atoms with Crippen molar-refractivity contribution in [2.45, 2.75) is 13.1 Å². The molecule has 0 spiro atoms. The number of benzene rings is 2. The van der Waals surface area contributed by atoms with Crippen LogP contribution in [0.4, 0.5) is 17.2 Å². The molecule has 6 nitrogen and oxygen atoms in total.